The Kier molecular flexibility index (Phi) is 7.44. The first kappa shape index (κ1) is 26.3. The molecule has 2 N–H and O–H groups in total. The van der Waals surface area contributed by atoms with Gasteiger partial charge in [0.1, 0.15) is 17.9 Å². The highest BCUT2D eigenvalue weighted by molar-refractivity contribution is 5.85. The van der Waals surface area contributed by atoms with Gasteiger partial charge in [0, 0.05) is 82.5 Å². The fourth-order valence-electron chi connectivity index (χ4n) is 5.98. The van der Waals surface area contributed by atoms with Crippen molar-refractivity contribution in [3.8, 4) is 17.0 Å². The van der Waals surface area contributed by atoms with E-state index in [1.165, 1.54) is 44.7 Å². The number of nitrogens with one attached hydrogen (secondary N) is 2. The lowest BCUT2D eigenvalue weighted by atomic mass is 10.0. The third-order valence-corrected chi connectivity index (χ3v) is 8.42. The van der Waals surface area contributed by atoms with Crippen LogP contribution in [0.3, 0.4) is 0 Å². The number of benzene rings is 2. The number of fused-ring (bicyclic) bond motifs is 1. The van der Waals surface area contributed by atoms with Crippen LogP contribution in [0.25, 0.3) is 22.2 Å². The lowest BCUT2D eigenvalue weighted by Gasteiger charge is -2.43. The van der Waals surface area contributed by atoms with E-state index in [9.17, 15) is 0 Å². The Hall–Kier alpha value is -3.89. The molecule has 0 aliphatic carbocycles. The molecule has 0 amide bonds. The van der Waals surface area contributed by atoms with Crippen LogP contribution in [0.4, 0.5) is 22.9 Å². The topological polar surface area (TPSA) is 86.6 Å². The van der Waals surface area contributed by atoms with E-state index >= 15 is 0 Å². The number of nitrogens with zero attached hydrogens (tertiary/aromatic N) is 7. The van der Waals surface area contributed by atoms with Gasteiger partial charge in [-0.3, -0.25) is 9.58 Å². The van der Waals surface area contributed by atoms with Crippen molar-refractivity contribution in [2.24, 2.45) is 7.05 Å². The summed E-state index contributed by atoms with van der Waals surface area (Å²) in [6.45, 7) is 6.78. The third kappa shape index (κ3) is 5.29. The molecule has 10 nitrogen and oxygen atoms in total. The summed E-state index contributed by atoms with van der Waals surface area (Å²) in [5.41, 5.74) is 6.02. The van der Waals surface area contributed by atoms with Crippen LogP contribution in [-0.2, 0) is 7.05 Å². The minimum Gasteiger partial charge on any atom is -0.494 e. The second-order valence-corrected chi connectivity index (χ2v) is 10.8. The SMILES string of the molecule is CNc1cc(Nc2cc(-c3ccc4cnn(C)c4c3)ncn2)c(OC)cc1N1CCC(N2CCN(C)CC2)CC1. The molecule has 0 spiro atoms. The largest absolute Gasteiger partial charge is 0.494 e. The average Bonchev–Trinajstić information content (AvgIpc) is 3.37. The first-order valence-electron chi connectivity index (χ1n) is 14.1. The Morgan fingerprint density at radius 1 is 0.900 bits per heavy atom. The highest BCUT2D eigenvalue weighted by Crippen LogP contribution is 2.39. The molecular weight excluding hydrogens is 502 g/mol. The maximum atomic E-state index is 5.86. The van der Waals surface area contributed by atoms with Gasteiger partial charge in [0.25, 0.3) is 0 Å². The van der Waals surface area contributed by atoms with Crippen molar-refractivity contribution in [3.63, 3.8) is 0 Å². The average molecular weight is 542 g/mol. The standard InChI is InChI=1S/C30H39N9O/c1-31-25-16-26(35-30-17-24(32-20-33-30)21-5-6-22-19-34-37(3)27(22)15-21)29(40-4)18-28(25)39-9-7-23(8-10-39)38-13-11-36(2)12-14-38/h5-6,15-20,23,31H,7-14H2,1-4H3,(H,32,33,35). The van der Waals surface area contributed by atoms with E-state index in [2.05, 4.69) is 77.8 Å². The van der Waals surface area contributed by atoms with Gasteiger partial charge in [-0.1, -0.05) is 12.1 Å². The van der Waals surface area contributed by atoms with Crippen LogP contribution in [0.1, 0.15) is 12.8 Å². The highest BCUT2D eigenvalue weighted by Gasteiger charge is 2.28. The zero-order valence-corrected chi connectivity index (χ0v) is 23.9. The van der Waals surface area contributed by atoms with Crippen molar-refractivity contribution in [1.82, 2.24) is 29.5 Å². The van der Waals surface area contributed by atoms with Gasteiger partial charge in [-0.15, -0.1) is 0 Å². The van der Waals surface area contributed by atoms with Gasteiger partial charge in [0.05, 0.1) is 41.6 Å². The second kappa shape index (κ2) is 11.3. The number of hydrogen-bond acceptors (Lipinski definition) is 9. The molecule has 40 heavy (non-hydrogen) atoms. The first-order chi connectivity index (χ1) is 19.5. The van der Waals surface area contributed by atoms with Gasteiger partial charge in [-0.05, 0) is 32.0 Å². The summed E-state index contributed by atoms with van der Waals surface area (Å²) in [5, 5.41) is 12.3. The van der Waals surface area contributed by atoms with E-state index in [-0.39, 0.29) is 0 Å². The van der Waals surface area contributed by atoms with Gasteiger partial charge in [0.2, 0.25) is 0 Å². The molecule has 2 fully saturated rings. The number of piperazine rings is 1. The van der Waals surface area contributed by atoms with E-state index in [0.29, 0.717) is 11.9 Å². The number of hydrogen-bond donors (Lipinski definition) is 2. The van der Waals surface area contributed by atoms with Crippen LogP contribution in [0, 0.1) is 0 Å². The molecule has 2 aliphatic heterocycles. The Morgan fingerprint density at radius 3 is 2.45 bits per heavy atom. The van der Waals surface area contributed by atoms with Crippen LogP contribution in [0.15, 0.2) is 48.9 Å². The predicted molar refractivity (Wildman–Crippen MR) is 162 cm³/mol. The number of anilines is 4. The van der Waals surface area contributed by atoms with Gasteiger partial charge >= 0.3 is 0 Å². The molecule has 0 radical (unpaired) electrons. The summed E-state index contributed by atoms with van der Waals surface area (Å²) in [7, 11) is 7.86. The Morgan fingerprint density at radius 2 is 1.70 bits per heavy atom. The minimum atomic E-state index is 0.677. The highest BCUT2D eigenvalue weighted by atomic mass is 16.5. The number of rotatable bonds is 7. The molecule has 0 bridgehead atoms. The minimum absolute atomic E-state index is 0.677. The normalized spacial score (nSPS) is 17.4. The van der Waals surface area contributed by atoms with Crippen molar-refractivity contribution in [2.45, 2.75) is 18.9 Å². The number of aromatic nitrogens is 4. The second-order valence-electron chi connectivity index (χ2n) is 10.8. The number of ether oxygens (including phenoxy) is 1. The number of methoxy groups -OCH3 is 1. The zero-order valence-electron chi connectivity index (χ0n) is 23.9. The fourth-order valence-corrected chi connectivity index (χ4v) is 5.98. The third-order valence-electron chi connectivity index (χ3n) is 8.42. The van der Waals surface area contributed by atoms with Crippen molar-refractivity contribution in [2.75, 3.05) is 76.0 Å². The number of likely N-dealkylation sites (N-methyl/N-ethyl adjacent to an activating group) is 1. The van der Waals surface area contributed by atoms with E-state index in [4.69, 9.17) is 4.74 Å². The van der Waals surface area contributed by atoms with E-state index in [1.54, 1.807) is 13.4 Å². The Bertz CT molecular complexity index is 1470. The van der Waals surface area contributed by atoms with Gasteiger partial charge in [-0.25, -0.2) is 9.97 Å². The molecule has 6 rings (SSSR count). The maximum Gasteiger partial charge on any atom is 0.144 e. The monoisotopic (exact) mass is 541 g/mol. The summed E-state index contributed by atoms with van der Waals surface area (Å²) in [5.74, 6) is 1.49. The number of aryl methyl sites for hydroxylation is 1. The Balaban J connectivity index is 1.20. The lowest BCUT2D eigenvalue weighted by Crippen LogP contribution is -2.52. The van der Waals surface area contributed by atoms with Gasteiger partial charge in [0.15, 0.2) is 0 Å². The molecule has 210 valence electrons. The first-order valence-corrected chi connectivity index (χ1v) is 14.1. The molecule has 10 heteroatoms. The molecule has 4 heterocycles. The van der Waals surface area contributed by atoms with Crippen LogP contribution >= 0.6 is 0 Å². The summed E-state index contributed by atoms with van der Waals surface area (Å²) in [6, 6.07) is 13.1. The van der Waals surface area contributed by atoms with Crippen LogP contribution in [-0.4, -0.2) is 96.1 Å². The Labute approximate surface area is 235 Å². The zero-order chi connectivity index (χ0) is 27.6. The van der Waals surface area contributed by atoms with Gasteiger partial charge in [-0.2, -0.15) is 5.10 Å². The number of piperidine rings is 1. The molecule has 2 aliphatic rings. The maximum absolute atomic E-state index is 5.86. The molecule has 2 aromatic carbocycles. The van der Waals surface area contributed by atoms with Crippen LogP contribution in [0.5, 0.6) is 5.75 Å². The summed E-state index contributed by atoms with van der Waals surface area (Å²) in [6.07, 6.45) is 5.83. The van der Waals surface area contributed by atoms with Crippen molar-refractivity contribution < 1.29 is 4.74 Å². The molecule has 2 aromatic heterocycles. The lowest BCUT2D eigenvalue weighted by molar-refractivity contribution is 0.0982. The van der Waals surface area contributed by atoms with Crippen molar-refractivity contribution in [3.05, 3.63) is 48.9 Å². The van der Waals surface area contributed by atoms with E-state index in [0.717, 1.165) is 52.4 Å². The van der Waals surface area contributed by atoms with Crippen molar-refractivity contribution >= 4 is 33.8 Å². The predicted octanol–water partition coefficient (Wildman–Crippen LogP) is 4.04. The van der Waals surface area contributed by atoms with Crippen molar-refractivity contribution in [1.29, 1.82) is 0 Å². The van der Waals surface area contributed by atoms with E-state index < -0.39 is 0 Å². The van der Waals surface area contributed by atoms with Crippen LogP contribution in [0.2, 0.25) is 0 Å². The summed E-state index contributed by atoms with van der Waals surface area (Å²) >= 11 is 0. The van der Waals surface area contributed by atoms with Gasteiger partial charge < -0.3 is 25.2 Å². The van der Waals surface area contributed by atoms with Crippen LogP contribution < -0.4 is 20.3 Å². The molecule has 2 saturated heterocycles. The molecular formula is C30H39N9O. The molecule has 4 aromatic rings. The van der Waals surface area contributed by atoms with E-state index in [1.807, 2.05) is 31.0 Å². The summed E-state index contributed by atoms with van der Waals surface area (Å²) < 4.78 is 7.73. The molecule has 0 atom stereocenters. The quantitative estimate of drug-likeness (QED) is 0.360. The fraction of sp³-hybridized carbons (Fsp3) is 0.433. The molecule has 0 unspecified atom stereocenters. The smallest absolute Gasteiger partial charge is 0.144 e. The molecule has 0 saturated carbocycles. The summed E-state index contributed by atoms with van der Waals surface area (Å²) in [4.78, 5) is 16.6.